The summed E-state index contributed by atoms with van der Waals surface area (Å²) in [6, 6.07) is 11.1. The second-order valence-electron chi connectivity index (χ2n) is 4.83. The number of benzene rings is 1. The summed E-state index contributed by atoms with van der Waals surface area (Å²) >= 11 is 0. The molecule has 1 aromatic carbocycles. The third-order valence-corrected chi connectivity index (χ3v) is 3.40. The summed E-state index contributed by atoms with van der Waals surface area (Å²) in [4.78, 5) is 17.3. The second-order valence-corrected chi connectivity index (χ2v) is 4.83. The summed E-state index contributed by atoms with van der Waals surface area (Å²) < 4.78 is 10.5. The molecule has 2 aromatic rings. The van der Waals surface area contributed by atoms with Gasteiger partial charge in [-0.05, 0) is 24.3 Å². The number of methoxy groups -OCH3 is 1. The largest absolute Gasteiger partial charge is 0.496 e. The Balaban J connectivity index is 1.60. The van der Waals surface area contributed by atoms with Crippen LogP contribution in [0, 0.1) is 0 Å². The molecule has 3 rings (SSSR count). The van der Waals surface area contributed by atoms with Gasteiger partial charge in [-0.2, -0.15) is 0 Å². The van der Waals surface area contributed by atoms with Crippen molar-refractivity contribution in [2.45, 2.75) is 19.1 Å². The van der Waals surface area contributed by atoms with Crippen LogP contribution in [0.5, 0.6) is 5.75 Å². The number of nitrogens with one attached hydrogen (secondary N) is 1. The number of rotatable bonds is 5. The molecule has 6 heteroatoms. The molecule has 0 spiro atoms. The Morgan fingerprint density at radius 1 is 1.36 bits per heavy atom. The van der Waals surface area contributed by atoms with Gasteiger partial charge < -0.3 is 19.3 Å². The molecular formula is C16H16N2O4. The van der Waals surface area contributed by atoms with E-state index >= 15 is 0 Å². The van der Waals surface area contributed by atoms with Crippen molar-refractivity contribution < 1.29 is 18.8 Å². The number of hydrogen-bond donors (Lipinski definition) is 1. The number of amides is 1. The molecular weight excluding hydrogens is 284 g/mol. The van der Waals surface area contributed by atoms with E-state index < -0.39 is 6.10 Å². The van der Waals surface area contributed by atoms with Gasteiger partial charge in [-0.25, -0.2) is 0 Å². The van der Waals surface area contributed by atoms with E-state index in [1.54, 1.807) is 25.5 Å². The zero-order valence-electron chi connectivity index (χ0n) is 12.1. The third kappa shape index (κ3) is 2.95. The van der Waals surface area contributed by atoms with Gasteiger partial charge in [-0.1, -0.05) is 17.3 Å². The van der Waals surface area contributed by atoms with Crippen molar-refractivity contribution >= 4 is 11.6 Å². The van der Waals surface area contributed by atoms with Gasteiger partial charge in [0.25, 0.3) is 5.91 Å². The molecule has 1 atom stereocenters. The number of para-hydroxylation sites is 1. The Morgan fingerprint density at radius 2 is 2.23 bits per heavy atom. The lowest BCUT2D eigenvalue weighted by Crippen LogP contribution is -2.34. The number of ether oxygens (including phenoxy) is 1. The smallest absolute Gasteiger partial charge is 0.264 e. The minimum atomic E-state index is -0.630. The van der Waals surface area contributed by atoms with E-state index in [1.807, 2.05) is 24.3 Å². The predicted octanol–water partition coefficient (Wildman–Crippen LogP) is 2.10. The molecule has 114 valence electrons. The number of oxime groups is 1. The Labute approximate surface area is 127 Å². The molecule has 0 unspecified atom stereocenters. The van der Waals surface area contributed by atoms with Crippen LogP contribution in [0.1, 0.15) is 17.7 Å². The molecule has 0 saturated heterocycles. The zero-order valence-corrected chi connectivity index (χ0v) is 12.1. The standard InChI is InChI=1S/C16H16N2O4/c1-20-14-7-3-2-6-12(14)13-9-15(22-18-13)16(19)17-10-11-5-4-8-21-11/h2-8,15H,9-10H2,1H3,(H,17,19)/t15-/m1/s1. The van der Waals surface area contributed by atoms with Gasteiger partial charge in [0, 0.05) is 12.0 Å². The monoisotopic (exact) mass is 300 g/mol. The SMILES string of the molecule is COc1ccccc1C1=NO[C@@H](C(=O)NCc2ccco2)C1. The fourth-order valence-corrected chi connectivity index (χ4v) is 2.26. The maximum absolute atomic E-state index is 12.1. The summed E-state index contributed by atoms with van der Waals surface area (Å²) in [6.07, 6.45) is 1.34. The quantitative estimate of drug-likeness (QED) is 0.917. The van der Waals surface area contributed by atoms with Crippen LogP contribution < -0.4 is 10.1 Å². The van der Waals surface area contributed by atoms with E-state index in [-0.39, 0.29) is 5.91 Å². The highest BCUT2D eigenvalue weighted by molar-refractivity contribution is 6.05. The Bertz CT molecular complexity index is 679. The fourth-order valence-electron chi connectivity index (χ4n) is 2.26. The van der Waals surface area contributed by atoms with Crippen molar-refractivity contribution in [3.63, 3.8) is 0 Å². The van der Waals surface area contributed by atoms with Crippen molar-refractivity contribution in [2.24, 2.45) is 5.16 Å². The Morgan fingerprint density at radius 3 is 3.00 bits per heavy atom. The van der Waals surface area contributed by atoms with Crippen molar-refractivity contribution in [1.29, 1.82) is 0 Å². The molecule has 22 heavy (non-hydrogen) atoms. The van der Waals surface area contributed by atoms with Crippen LogP contribution in [0.3, 0.4) is 0 Å². The van der Waals surface area contributed by atoms with Gasteiger partial charge in [-0.15, -0.1) is 0 Å². The van der Waals surface area contributed by atoms with Crippen LogP contribution in [0.15, 0.2) is 52.2 Å². The normalized spacial score (nSPS) is 16.8. The number of hydrogen-bond acceptors (Lipinski definition) is 5. The van der Waals surface area contributed by atoms with Crippen LogP contribution >= 0.6 is 0 Å². The maximum atomic E-state index is 12.1. The number of furan rings is 1. The molecule has 0 saturated carbocycles. The first-order chi connectivity index (χ1) is 10.8. The average molecular weight is 300 g/mol. The average Bonchev–Trinajstić information content (AvgIpc) is 3.24. The molecule has 2 heterocycles. The first-order valence-electron chi connectivity index (χ1n) is 6.94. The van der Waals surface area contributed by atoms with Gasteiger partial charge in [0.2, 0.25) is 6.10 Å². The Kier molecular flexibility index (Phi) is 4.09. The van der Waals surface area contributed by atoms with E-state index in [0.29, 0.717) is 30.2 Å². The topological polar surface area (TPSA) is 73.1 Å². The maximum Gasteiger partial charge on any atom is 0.264 e. The molecule has 1 aromatic heterocycles. The highest BCUT2D eigenvalue weighted by Crippen LogP contribution is 2.24. The molecule has 1 aliphatic rings. The molecule has 1 N–H and O–H groups in total. The molecule has 0 fully saturated rings. The van der Waals surface area contributed by atoms with Crippen LogP contribution in [-0.2, 0) is 16.2 Å². The summed E-state index contributed by atoms with van der Waals surface area (Å²) in [5, 5.41) is 6.78. The second kappa shape index (κ2) is 6.34. The van der Waals surface area contributed by atoms with Crippen LogP contribution in [0.25, 0.3) is 0 Å². The van der Waals surface area contributed by atoms with E-state index in [0.717, 1.165) is 5.56 Å². The van der Waals surface area contributed by atoms with E-state index in [9.17, 15) is 4.79 Å². The van der Waals surface area contributed by atoms with Gasteiger partial charge in [0.15, 0.2) is 0 Å². The fraction of sp³-hybridized carbons (Fsp3) is 0.250. The van der Waals surface area contributed by atoms with E-state index in [1.165, 1.54) is 0 Å². The lowest BCUT2D eigenvalue weighted by molar-refractivity contribution is -0.131. The zero-order chi connectivity index (χ0) is 15.4. The minimum Gasteiger partial charge on any atom is -0.496 e. The molecule has 1 aliphatic heterocycles. The third-order valence-electron chi connectivity index (χ3n) is 3.40. The summed E-state index contributed by atoms with van der Waals surface area (Å²) in [5.74, 6) is 1.18. The number of carbonyl (C=O) groups is 1. The number of carbonyl (C=O) groups excluding carboxylic acids is 1. The molecule has 0 radical (unpaired) electrons. The highest BCUT2D eigenvalue weighted by atomic mass is 16.6. The van der Waals surface area contributed by atoms with Crippen molar-refractivity contribution in [3.05, 3.63) is 54.0 Å². The van der Waals surface area contributed by atoms with E-state index in [2.05, 4.69) is 10.5 Å². The molecule has 1 amide bonds. The van der Waals surface area contributed by atoms with Gasteiger partial charge >= 0.3 is 0 Å². The summed E-state index contributed by atoms with van der Waals surface area (Å²) in [7, 11) is 1.60. The highest BCUT2D eigenvalue weighted by Gasteiger charge is 2.29. The molecule has 0 bridgehead atoms. The predicted molar refractivity (Wildman–Crippen MR) is 79.6 cm³/mol. The lowest BCUT2D eigenvalue weighted by Gasteiger charge is -2.09. The molecule has 6 nitrogen and oxygen atoms in total. The number of nitrogens with zero attached hydrogens (tertiary/aromatic N) is 1. The molecule has 0 aliphatic carbocycles. The first-order valence-corrected chi connectivity index (χ1v) is 6.94. The van der Waals surface area contributed by atoms with E-state index in [4.69, 9.17) is 14.0 Å². The minimum absolute atomic E-state index is 0.218. The summed E-state index contributed by atoms with van der Waals surface area (Å²) in [5.41, 5.74) is 1.54. The first kappa shape index (κ1) is 14.2. The summed E-state index contributed by atoms with van der Waals surface area (Å²) in [6.45, 7) is 0.329. The van der Waals surface area contributed by atoms with Gasteiger partial charge in [0.05, 0.1) is 25.6 Å². The Hall–Kier alpha value is -2.76. The van der Waals surface area contributed by atoms with Gasteiger partial charge in [-0.3, -0.25) is 4.79 Å². The van der Waals surface area contributed by atoms with Crippen LogP contribution in [-0.4, -0.2) is 24.8 Å². The van der Waals surface area contributed by atoms with Crippen molar-refractivity contribution in [2.75, 3.05) is 7.11 Å². The van der Waals surface area contributed by atoms with Crippen molar-refractivity contribution in [1.82, 2.24) is 5.32 Å². The lowest BCUT2D eigenvalue weighted by atomic mass is 10.0. The van der Waals surface area contributed by atoms with Crippen molar-refractivity contribution in [3.8, 4) is 5.75 Å². The van der Waals surface area contributed by atoms with Crippen LogP contribution in [0.4, 0.5) is 0 Å². The van der Waals surface area contributed by atoms with Crippen LogP contribution in [0.2, 0.25) is 0 Å². The van der Waals surface area contributed by atoms with Gasteiger partial charge in [0.1, 0.15) is 11.5 Å².